The quantitative estimate of drug-likeness (QED) is 0.718. The lowest BCUT2D eigenvalue weighted by molar-refractivity contribution is -0.0790. The molecule has 2 nitrogen and oxygen atoms in total. The maximum Gasteiger partial charge on any atom is 0.409 e. The van der Waals surface area contributed by atoms with E-state index in [0.717, 1.165) is 6.08 Å². The van der Waals surface area contributed by atoms with Crippen LogP contribution in [0.2, 0.25) is 0 Å². The van der Waals surface area contributed by atoms with E-state index in [1.807, 2.05) is 0 Å². The highest BCUT2D eigenvalue weighted by Crippen LogP contribution is 2.33. The number of ether oxygens (including phenoxy) is 2. The first-order valence-electron chi connectivity index (χ1n) is 4.20. The van der Waals surface area contributed by atoms with E-state index in [-0.39, 0.29) is 12.9 Å². The Hall–Kier alpha value is -1.65. The minimum absolute atomic E-state index is 0.113. The molecule has 0 bridgehead atoms. The van der Waals surface area contributed by atoms with Crippen LogP contribution < -0.4 is 9.47 Å². The van der Waals surface area contributed by atoms with Crippen LogP contribution in [0.4, 0.5) is 13.2 Å². The molecule has 0 aromatic heterocycles. The van der Waals surface area contributed by atoms with Crippen molar-refractivity contribution in [2.24, 2.45) is 0 Å². The van der Waals surface area contributed by atoms with E-state index in [9.17, 15) is 13.2 Å². The Balaban J connectivity index is 2.20. The molecule has 15 heavy (non-hydrogen) atoms. The Bertz CT molecular complexity index is 396. The van der Waals surface area contributed by atoms with Crippen LogP contribution in [-0.4, -0.2) is 13.0 Å². The van der Waals surface area contributed by atoms with Gasteiger partial charge in [-0.15, -0.1) is 0 Å². The average Bonchev–Trinajstić information content (AvgIpc) is 2.60. The molecule has 1 aliphatic rings. The van der Waals surface area contributed by atoms with Gasteiger partial charge < -0.3 is 9.47 Å². The van der Waals surface area contributed by atoms with Crippen LogP contribution in [0.15, 0.2) is 24.3 Å². The summed E-state index contributed by atoms with van der Waals surface area (Å²) in [5.74, 6) is 1.03. The maximum absolute atomic E-state index is 11.9. The summed E-state index contributed by atoms with van der Waals surface area (Å²) < 4.78 is 45.7. The highest BCUT2D eigenvalue weighted by Gasteiger charge is 2.22. The van der Waals surface area contributed by atoms with Gasteiger partial charge in [0, 0.05) is 6.08 Å². The topological polar surface area (TPSA) is 18.5 Å². The summed E-state index contributed by atoms with van der Waals surface area (Å²) in [7, 11) is 0. The Morgan fingerprint density at radius 3 is 2.60 bits per heavy atom. The van der Waals surface area contributed by atoms with Crippen molar-refractivity contribution in [3.63, 3.8) is 0 Å². The Labute approximate surface area is 83.9 Å². The van der Waals surface area contributed by atoms with E-state index in [0.29, 0.717) is 17.1 Å². The maximum atomic E-state index is 11.9. The third-order valence-electron chi connectivity index (χ3n) is 1.86. The van der Waals surface area contributed by atoms with Crippen molar-refractivity contribution >= 4 is 6.08 Å². The molecular weight excluding hydrogens is 209 g/mol. The predicted molar refractivity (Wildman–Crippen MR) is 47.7 cm³/mol. The second-order valence-corrected chi connectivity index (χ2v) is 2.99. The van der Waals surface area contributed by atoms with Crippen LogP contribution >= 0.6 is 0 Å². The molecule has 0 N–H and O–H groups in total. The number of hydrogen-bond acceptors (Lipinski definition) is 2. The number of halogens is 3. The fourth-order valence-corrected chi connectivity index (χ4v) is 1.21. The second-order valence-electron chi connectivity index (χ2n) is 2.99. The number of allylic oxidation sites excluding steroid dienone is 1. The minimum Gasteiger partial charge on any atom is -0.454 e. The van der Waals surface area contributed by atoms with Crippen LogP contribution in [0.3, 0.4) is 0 Å². The van der Waals surface area contributed by atoms with Gasteiger partial charge in [-0.2, -0.15) is 13.2 Å². The largest absolute Gasteiger partial charge is 0.454 e. The summed E-state index contributed by atoms with van der Waals surface area (Å²) in [5.41, 5.74) is 0.427. The zero-order valence-electron chi connectivity index (χ0n) is 7.54. The first-order chi connectivity index (χ1) is 7.04. The van der Waals surface area contributed by atoms with E-state index in [1.165, 1.54) is 12.1 Å². The molecule has 0 aliphatic carbocycles. The Kier molecular flexibility index (Phi) is 2.30. The van der Waals surface area contributed by atoms with E-state index in [2.05, 4.69) is 0 Å². The van der Waals surface area contributed by atoms with Gasteiger partial charge in [-0.05, 0) is 23.8 Å². The molecule has 1 aromatic carbocycles. The molecular formula is C10H7F3O2. The molecule has 0 saturated carbocycles. The van der Waals surface area contributed by atoms with Crippen molar-refractivity contribution in [2.75, 3.05) is 6.79 Å². The van der Waals surface area contributed by atoms with E-state index in [4.69, 9.17) is 9.47 Å². The Morgan fingerprint density at radius 1 is 1.13 bits per heavy atom. The highest BCUT2D eigenvalue weighted by molar-refractivity contribution is 5.56. The third kappa shape index (κ3) is 2.43. The van der Waals surface area contributed by atoms with Gasteiger partial charge in [-0.3, -0.25) is 0 Å². The van der Waals surface area contributed by atoms with Gasteiger partial charge >= 0.3 is 6.18 Å². The number of fused-ring (bicyclic) bond motifs is 1. The van der Waals surface area contributed by atoms with Crippen LogP contribution in [0.25, 0.3) is 6.08 Å². The molecule has 2 rings (SSSR count). The van der Waals surface area contributed by atoms with Crippen LogP contribution in [0.1, 0.15) is 5.56 Å². The first kappa shape index (κ1) is 9.89. The molecule has 0 spiro atoms. The van der Waals surface area contributed by atoms with Crippen LogP contribution in [0.5, 0.6) is 11.5 Å². The molecule has 1 aromatic rings. The summed E-state index contributed by atoms with van der Waals surface area (Å²) in [5, 5.41) is 0. The van der Waals surface area contributed by atoms with Crippen molar-refractivity contribution in [1.82, 2.24) is 0 Å². The number of benzene rings is 1. The van der Waals surface area contributed by atoms with E-state index < -0.39 is 6.18 Å². The van der Waals surface area contributed by atoms with Gasteiger partial charge in [0.05, 0.1) is 0 Å². The van der Waals surface area contributed by atoms with Gasteiger partial charge in [0.15, 0.2) is 11.5 Å². The van der Waals surface area contributed by atoms with Gasteiger partial charge in [0.1, 0.15) is 0 Å². The zero-order valence-corrected chi connectivity index (χ0v) is 7.54. The number of hydrogen-bond donors (Lipinski definition) is 0. The summed E-state index contributed by atoms with van der Waals surface area (Å²) in [4.78, 5) is 0. The number of rotatable bonds is 1. The SMILES string of the molecule is FC(F)(F)/C=C/c1ccc2c(c1)OCO2. The summed E-state index contributed by atoms with van der Waals surface area (Å²) in [6.07, 6.45) is -3.12. The zero-order chi connectivity index (χ0) is 10.9. The average molecular weight is 216 g/mol. The molecule has 5 heteroatoms. The molecule has 1 aliphatic heterocycles. The fraction of sp³-hybridized carbons (Fsp3) is 0.200. The molecule has 1 heterocycles. The van der Waals surface area contributed by atoms with Crippen molar-refractivity contribution in [1.29, 1.82) is 0 Å². The molecule has 0 radical (unpaired) electrons. The van der Waals surface area contributed by atoms with Crippen LogP contribution in [-0.2, 0) is 0 Å². The van der Waals surface area contributed by atoms with Gasteiger partial charge in [-0.25, -0.2) is 0 Å². The van der Waals surface area contributed by atoms with Crippen molar-refractivity contribution in [2.45, 2.75) is 6.18 Å². The molecule has 80 valence electrons. The summed E-state index contributed by atoms with van der Waals surface area (Å²) in [6, 6.07) is 4.62. The summed E-state index contributed by atoms with van der Waals surface area (Å²) >= 11 is 0. The third-order valence-corrected chi connectivity index (χ3v) is 1.86. The summed E-state index contributed by atoms with van der Waals surface area (Å²) in [6.45, 7) is 0.113. The first-order valence-corrected chi connectivity index (χ1v) is 4.20. The van der Waals surface area contributed by atoms with E-state index in [1.54, 1.807) is 6.07 Å². The smallest absolute Gasteiger partial charge is 0.409 e. The normalized spacial score (nSPS) is 14.9. The van der Waals surface area contributed by atoms with Crippen molar-refractivity contribution in [3.05, 3.63) is 29.8 Å². The van der Waals surface area contributed by atoms with Crippen LogP contribution in [0, 0.1) is 0 Å². The van der Waals surface area contributed by atoms with Gasteiger partial charge in [-0.1, -0.05) is 6.07 Å². The molecule has 0 atom stereocenters. The fourth-order valence-electron chi connectivity index (χ4n) is 1.21. The van der Waals surface area contributed by atoms with Crippen molar-refractivity contribution < 1.29 is 22.6 Å². The standard InChI is InChI=1S/C10H7F3O2/c11-10(12,13)4-3-7-1-2-8-9(5-7)15-6-14-8/h1-5H,6H2/b4-3+. The number of alkyl halides is 3. The lowest BCUT2D eigenvalue weighted by Gasteiger charge is -1.99. The van der Waals surface area contributed by atoms with Crippen molar-refractivity contribution in [3.8, 4) is 11.5 Å². The molecule has 0 fully saturated rings. The Morgan fingerprint density at radius 2 is 1.87 bits per heavy atom. The lowest BCUT2D eigenvalue weighted by atomic mass is 10.2. The molecule has 0 amide bonds. The predicted octanol–water partition coefficient (Wildman–Crippen LogP) is 2.99. The van der Waals surface area contributed by atoms with E-state index >= 15 is 0 Å². The van der Waals surface area contributed by atoms with Gasteiger partial charge in [0.2, 0.25) is 6.79 Å². The van der Waals surface area contributed by atoms with Gasteiger partial charge in [0.25, 0.3) is 0 Å². The molecule has 0 saturated heterocycles. The molecule has 0 unspecified atom stereocenters. The minimum atomic E-state index is -4.30. The monoisotopic (exact) mass is 216 g/mol. The highest BCUT2D eigenvalue weighted by atomic mass is 19.4. The second kappa shape index (κ2) is 3.49. The lowest BCUT2D eigenvalue weighted by Crippen LogP contribution is -2.00.